The van der Waals surface area contributed by atoms with Gasteiger partial charge >= 0.3 is 17.9 Å². The molecule has 9 fully saturated rings. The van der Waals surface area contributed by atoms with E-state index in [0.717, 1.165) is 51.4 Å². The van der Waals surface area contributed by atoms with Crippen molar-refractivity contribution in [3.63, 3.8) is 0 Å². The summed E-state index contributed by atoms with van der Waals surface area (Å²) < 4.78 is 23.7. The Hall–Kier alpha value is -3.03. The number of rotatable bonds is 3. The van der Waals surface area contributed by atoms with Gasteiger partial charge in [-0.25, -0.2) is 14.4 Å². The second-order valence-electron chi connectivity index (χ2n) is 13.4. The number of hydrogen-bond acceptors (Lipinski definition) is 8. The Morgan fingerprint density at radius 2 is 1.00 bits per heavy atom. The summed E-state index contributed by atoms with van der Waals surface area (Å²) in [6.45, 7) is 0. The van der Waals surface area contributed by atoms with Gasteiger partial charge in [-0.3, -0.25) is 0 Å². The number of carbonyl (C=O) groups is 3. The van der Waals surface area contributed by atoms with Crippen LogP contribution in [0.25, 0.3) is 0 Å². The first-order valence-electron chi connectivity index (χ1n) is 14.7. The second-order valence-corrected chi connectivity index (χ2v) is 13.4. The number of allylic oxidation sites excluding steroid dienone is 4. The van der Waals surface area contributed by atoms with Gasteiger partial charge in [0.1, 0.15) is 11.1 Å². The molecule has 10 rings (SSSR count). The molecule has 0 aromatic carbocycles. The molecule has 0 atom stereocenters. The van der Waals surface area contributed by atoms with Crippen LogP contribution in [0.5, 0.6) is 0 Å². The molecule has 8 saturated carbocycles. The van der Waals surface area contributed by atoms with Crippen LogP contribution in [0.2, 0.25) is 0 Å². The van der Waals surface area contributed by atoms with Crippen molar-refractivity contribution in [2.24, 2.45) is 47.3 Å². The Labute approximate surface area is 227 Å². The summed E-state index contributed by atoms with van der Waals surface area (Å²) in [4.78, 5) is 38.7. The van der Waals surface area contributed by atoms with E-state index in [9.17, 15) is 19.5 Å². The Morgan fingerprint density at radius 1 is 0.564 bits per heavy atom. The van der Waals surface area contributed by atoms with E-state index in [2.05, 4.69) is 0 Å². The predicted molar refractivity (Wildman–Crippen MR) is 135 cm³/mol. The summed E-state index contributed by atoms with van der Waals surface area (Å²) in [5, 5.41) is 10.7. The van der Waals surface area contributed by atoms with Gasteiger partial charge in [0.2, 0.25) is 0 Å². The zero-order valence-electron chi connectivity index (χ0n) is 21.9. The molecular formula is C31H34O8. The summed E-state index contributed by atoms with van der Waals surface area (Å²) >= 11 is 0. The van der Waals surface area contributed by atoms with Crippen molar-refractivity contribution in [3.8, 4) is 0 Å². The van der Waals surface area contributed by atoms with Crippen molar-refractivity contribution >= 4 is 17.9 Å². The minimum absolute atomic E-state index is 0.0490. The van der Waals surface area contributed by atoms with Crippen LogP contribution < -0.4 is 0 Å². The number of carbonyl (C=O) groups excluding carboxylic acids is 3. The van der Waals surface area contributed by atoms with Crippen LogP contribution in [0.1, 0.15) is 64.2 Å². The Bertz CT molecular complexity index is 1190. The maximum absolute atomic E-state index is 12.9. The van der Waals surface area contributed by atoms with Gasteiger partial charge < -0.3 is 24.1 Å². The molecule has 2 aliphatic heterocycles. The van der Waals surface area contributed by atoms with Crippen LogP contribution in [0, 0.1) is 47.3 Å². The zero-order chi connectivity index (χ0) is 26.5. The Kier molecular flexibility index (Phi) is 5.03. The smallest absolute Gasteiger partial charge is 0.348 e. The second kappa shape index (κ2) is 8.24. The highest BCUT2D eigenvalue weighted by Gasteiger charge is 2.65. The first-order chi connectivity index (χ1) is 18.8. The normalized spacial score (nSPS) is 47.4. The molecule has 1 saturated heterocycles. The number of ether oxygens (including phenoxy) is 4. The average Bonchev–Trinajstić information content (AvgIpc) is 2.87. The summed E-state index contributed by atoms with van der Waals surface area (Å²) in [6, 6.07) is 0. The van der Waals surface area contributed by atoms with Gasteiger partial charge in [-0.1, -0.05) is 18.2 Å². The van der Waals surface area contributed by atoms with Crippen LogP contribution in [0.4, 0.5) is 0 Å². The molecular weight excluding hydrogens is 500 g/mol. The van der Waals surface area contributed by atoms with E-state index in [1.807, 2.05) is 0 Å². The number of esters is 3. The van der Waals surface area contributed by atoms with Crippen LogP contribution in [0.15, 0.2) is 47.5 Å². The van der Waals surface area contributed by atoms with Crippen molar-refractivity contribution in [2.45, 2.75) is 75.8 Å². The molecule has 8 heteroatoms. The number of aliphatic hydroxyl groups excluding tert-OH is 1. The maximum atomic E-state index is 12.9. The van der Waals surface area contributed by atoms with Crippen molar-refractivity contribution < 1.29 is 38.4 Å². The lowest BCUT2D eigenvalue weighted by Gasteiger charge is -2.59. The monoisotopic (exact) mass is 534 g/mol. The van der Waals surface area contributed by atoms with Crippen LogP contribution >= 0.6 is 0 Å². The fourth-order valence-electron chi connectivity index (χ4n) is 10.0. The molecule has 8 aliphatic carbocycles. The lowest BCUT2D eigenvalue weighted by Crippen LogP contribution is -2.63. The molecule has 0 unspecified atom stereocenters. The van der Waals surface area contributed by atoms with Gasteiger partial charge in [0.25, 0.3) is 17.5 Å². The van der Waals surface area contributed by atoms with E-state index in [1.54, 1.807) is 6.08 Å². The van der Waals surface area contributed by atoms with Gasteiger partial charge in [0.05, 0.1) is 0 Å². The van der Waals surface area contributed by atoms with Gasteiger partial charge in [-0.05, 0) is 100 Å². The molecule has 0 radical (unpaired) electrons. The van der Waals surface area contributed by atoms with Gasteiger partial charge in [0, 0.05) is 23.7 Å². The van der Waals surface area contributed by atoms with E-state index in [0.29, 0.717) is 23.7 Å². The third-order valence-corrected chi connectivity index (χ3v) is 11.2. The third kappa shape index (κ3) is 3.45. The maximum Gasteiger partial charge on any atom is 0.348 e. The predicted octanol–water partition coefficient (Wildman–Crippen LogP) is 4.77. The fraction of sp³-hybridized carbons (Fsp3) is 0.645. The zero-order valence-corrected chi connectivity index (χ0v) is 21.9. The van der Waals surface area contributed by atoms with E-state index in [4.69, 9.17) is 18.9 Å². The number of aliphatic hydroxyl groups is 1. The lowest BCUT2D eigenvalue weighted by molar-refractivity contribution is -0.325. The van der Waals surface area contributed by atoms with Crippen molar-refractivity contribution in [3.05, 3.63) is 47.5 Å². The first-order valence-corrected chi connectivity index (χ1v) is 14.7. The lowest BCUT2D eigenvalue weighted by atomic mass is 9.53. The summed E-state index contributed by atoms with van der Waals surface area (Å²) in [5.74, 6) is -1.30. The van der Waals surface area contributed by atoms with E-state index >= 15 is 0 Å². The molecule has 8 bridgehead atoms. The first kappa shape index (κ1) is 23.8. The summed E-state index contributed by atoms with van der Waals surface area (Å²) in [5.41, 5.74) is -0.197. The highest BCUT2D eigenvalue weighted by atomic mass is 16.8. The molecule has 2 spiro atoms. The molecule has 8 nitrogen and oxygen atoms in total. The van der Waals surface area contributed by atoms with E-state index in [1.165, 1.54) is 37.1 Å². The fourth-order valence-corrected chi connectivity index (χ4v) is 10.0. The van der Waals surface area contributed by atoms with Crippen LogP contribution in [-0.4, -0.2) is 34.6 Å². The molecule has 39 heavy (non-hydrogen) atoms. The molecule has 206 valence electrons. The molecule has 0 aromatic rings. The Morgan fingerprint density at radius 3 is 1.46 bits per heavy atom. The highest BCUT2D eigenvalue weighted by molar-refractivity contribution is 6.15. The largest absolute Gasteiger partial charge is 0.480 e. The summed E-state index contributed by atoms with van der Waals surface area (Å²) in [7, 11) is 0. The van der Waals surface area contributed by atoms with E-state index in [-0.39, 0.29) is 34.8 Å². The van der Waals surface area contributed by atoms with E-state index < -0.39 is 35.4 Å². The minimum atomic E-state index is -1.09. The molecule has 2 heterocycles. The Balaban J connectivity index is 0.948. The standard InChI is InChI=1S/C31H34O8/c32-26-24(27(33)37-30(36-26)20-8-16-6-17(10-20)11-21(30)9-16)4-2-1-3-5-25-28(34)38-31(39-29(25)35)22-12-18-7-19(14-22)15-23(31)13-18/h1-5,16-23,32H,6-15H2. The molecule has 0 amide bonds. The highest BCUT2D eigenvalue weighted by Crippen LogP contribution is 2.62. The van der Waals surface area contributed by atoms with Gasteiger partial charge in [-0.2, -0.15) is 0 Å². The van der Waals surface area contributed by atoms with Crippen molar-refractivity contribution in [2.75, 3.05) is 0 Å². The number of hydrogen-bond donors (Lipinski definition) is 1. The van der Waals surface area contributed by atoms with Crippen LogP contribution in [0.3, 0.4) is 0 Å². The van der Waals surface area contributed by atoms with Gasteiger partial charge in [0.15, 0.2) is 0 Å². The average molecular weight is 535 g/mol. The SMILES string of the molecule is O=C1OC2(OC(=O)C1=CC=CC=CC1=C(O)OC3(OC1=O)C1CC4CC(C1)CC3C4)C1CC3CC(C1)CC2C3. The third-order valence-electron chi connectivity index (χ3n) is 11.2. The van der Waals surface area contributed by atoms with Gasteiger partial charge in [-0.15, -0.1) is 0 Å². The van der Waals surface area contributed by atoms with Crippen LogP contribution in [-0.2, 0) is 33.3 Å². The topological polar surface area (TPSA) is 108 Å². The molecule has 10 aliphatic rings. The molecule has 1 N–H and O–H groups in total. The quantitative estimate of drug-likeness (QED) is 0.239. The van der Waals surface area contributed by atoms with Crippen molar-refractivity contribution in [1.29, 1.82) is 0 Å². The minimum Gasteiger partial charge on any atom is -0.480 e. The van der Waals surface area contributed by atoms with Crippen molar-refractivity contribution in [1.82, 2.24) is 0 Å². The molecule has 0 aromatic heterocycles. The summed E-state index contributed by atoms with van der Waals surface area (Å²) in [6.07, 6.45) is 17.6.